The molecule has 2 aliphatic heterocycles. The van der Waals surface area contributed by atoms with Gasteiger partial charge in [-0.05, 0) is 37.6 Å². The number of rotatable bonds is 12. The van der Waals surface area contributed by atoms with Crippen LogP contribution in [-0.2, 0) is 14.3 Å². The number of unbranched alkanes of at least 4 members (excludes halogenated alkanes) is 3. The van der Waals surface area contributed by atoms with E-state index >= 15 is 0 Å². The maximum absolute atomic E-state index is 13.0. The second-order valence-corrected chi connectivity index (χ2v) is 9.50. The number of aliphatic hydroxyl groups excluding tert-OH is 3. The van der Waals surface area contributed by atoms with E-state index in [9.17, 15) is 20.1 Å². The number of carbonyl (C=O) groups excluding carboxylic acids is 1. The van der Waals surface area contributed by atoms with E-state index in [1.54, 1.807) is 0 Å². The van der Waals surface area contributed by atoms with E-state index in [4.69, 9.17) is 9.47 Å². The monoisotopic (exact) mass is 444 g/mol. The molecule has 8 atom stereocenters. The lowest BCUT2D eigenvalue weighted by molar-refractivity contribution is -0.302. The second-order valence-electron chi connectivity index (χ2n) is 9.50. The first-order valence-corrected chi connectivity index (χ1v) is 12.1. The van der Waals surface area contributed by atoms with Crippen molar-refractivity contribution in [1.29, 1.82) is 0 Å². The molecular formula is C23H44N2O6. The fourth-order valence-electron chi connectivity index (χ4n) is 4.46. The fraction of sp³-hybridized carbons (Fsp3) is 0.957. The van der Waals surface area contributed by atoms with E-state index in [0.29, 0.717) is 12.5 Å². The molecule has 0 spiro atoms. The van der Waals surface area contributed by atoms with Gasteiger partial charge >= 0.3 is 0 Å². The van der Waals surface area contributed by atoms with E-state index in [1.807, 2.05) is 20.8 Å². The highest BCUT2D eigenvalue weighted by atomic mass is 16.7. The smallest absolute Gasteiger partial charge is 0.237 e. The minimum atomic E-state index is -1.41. The van der Waals surface area contributed by atoms with Crippen LogP contribution in [0.15, 0.2) is 0 Å². The van der Waals surface area contributed by atoms with Crippen LogP contribution in [0.2, 0.25) is 0 Å². The highest BCUT2D eigenvalue weighted by molar-refractivity contribution is 5.82. The number of hydrogen-bond donors (Lipinski definition) is 5. The zero-order chi connectivity index (χ0) is 23.0. The van der Waals surface area contributed by atoms with Gasteiger partial charge in [0.1, 0.15) is 24.4 Å². The summed E-state index contributed by atoms with van der Waals surface area (Å²) in [5.74, 6) is 0.338. The molecule has 5 N–H and O–H groups in total. The van der Waals surface area contributed by atoms with Crippen molar-refractivity contribution in [2.24, 2.45) is 11.8 Å². The highest BCUT2D eigenvalue weighted by Crippen LogP contribution is 2.28. The molecule has 2 heterocycles. The Hall–Kier alpha value is -0.770. The maximum Gasteiger partial charge on any atom is 0.237 e. The van der Waals surface area contributed by atoms with E-state index in [1.165, 1.54) is 19.3 Å². The van der Waals surface area contributed by atoms with Gasteiger partial charge in [0.05, 0.1) is 12.1 Å². The van der Waals surface area contributed by atoms with Crippen LogP contribution in [0.4, 0.5) is 0 Å². The van der Waals surface area contributed by atoms with Gasteiger partial charge in [0.15, 0.2) is 6.29 Å². The van der Waals surface area contributed by atoms with E-state index in [-0.39, 0.29) is 17.9 Å². The van der Waals surface area contributed by atoms with Gasteiger partial charge in [-0.25, -0.2) is 0 Å². The maximum atomic E-state index is 13.0. The van der Waals surface area contributed by atoms with Crippen molar-refractivity contribution < 1.29 is 29.6 Å². The Labute approximate surface area is 187 Å². The van der Waals surface area contributed by atoms with Crippen molar-refractivity contribution in [1.82, 2.24) is 10.6 Å². The van der Waals surface area contributed by atoms with Gasteiger partial charge < -0.3 is 35.4 Å². The van der Waals surface area contributed by atoms with Crippen LogP contribution in [-0.4, -0.2) is 77.2 Å². The molecule has 1 unspecified atom stereocenters. The molecule has 0 aliphatic carbocycles. The molecule has 182 valence electrons. The third kappa shape index (κ3) is 7.37. The Kier molecular flexibility index (Phi) is 11.2. The third-order valence-electron chi connectivity index (χ3n) is 6.52. The van der Waals surface area contributed by atoms with Crippen LogP contribution in [0.5, 0.6) is 0 Å². The van der Waals surface area contributed by atoms with E-state index in [2.05, 4.69) is 17.6 Å². The van der Waals surface area contributed by atoms with Gasteiger partial charge in [-0.1, -0.05) is 53.4 Å². The summed E-state index contributed by atoms with van der Waals surface area (Å²) in [6.07, 6.45) is 1.26. The van der Waals surface area contributed by atoms with Crippen LogP contribution < -0.4 is 10.6 Å². The van der Waals surface area contributed by atoms with Crippen molar-refractivity contribution in [3.8, 4) is 0 Å². The van der Waals surface area contributed by atoms with Crippen molar-refractivity contribution in [3.63, 3.8) is 0 Å². The van der Waals surface area contributed by atoms with E-state index < -0.39 is 36.7 Å². The molecule has 0 aromatic heterocycles. The molecule has 2 rings (SSSR count). The summed E-state index contributed by atoms with van der Waals surface area (Å²) in [7, 11) is 0. The predicted octanol–water partition coefficient (Wildman–Crippen LogP) is 1.31. The average Bonchev–Trinajstić information content (AvgIpc) is 3.21. The quantitative estimate of drug-likeness (QED) is 0.288. The molecule has 0 aromatic carbocycles. The standard InChI is InChI=1S/C23H44N2O6/c1-5-7-9-10-15-12-16(24-13-15)22(29)25-17(14(3)4)21-19(27)18(26)20(28)23(31-21)30-11-8-6-2/h14-21,23-24,26-28H,5-13H2,1-4H3,(H,25,29)/t15?,16-,17+,18-,19+,20+,21+,23-/m0/s1. The Balaban J connectivity index is 1.99. The third-order valence-corrected chi connectivity index (χ3v) is 6.52. The number of ether oxygens (including phenoxy) is 2. The van der Waals surface area contributed by atoms with Crippen molar-refractivity contribution in [3.05, 3.63) is 0 Å². The summed E-state index contributed by atoms with van der Waals surface area (Å²) in [5, 5.41) is 37.6. The van der Waals surface area contributed by atoms with Gasteiger partial charge in [-0.2, -0.15) is 0 Å². The lowest BCUT2D eigenvalue weighted by atomic mass is 9.88. The van der Waals surface area contributed by atoms with Crippen LogP contribution in [0.25, 0.3) is 0 Å². The normalized spacial score (nSPS) is 34.8. The highest BCUT2D eigenvalue weighted by Gasteiger charge is 2.48. The minimum absolute atomic E-state index is 0.0518. The van der Waals surface area contributed by atoms with Gasteiger partial charge in [-0.3, -0.25) is 4.79 Å². The van der Waals surface area contributed by atoms with Crippen molar-refractivity contribution in [2.45, 2.75) is 115 Å². The zero-order valence-electron chi connectivity index (χ0n) is 19.6. The van der Waals surface area contributed by atoms with Crippen molar-refractivity contribution in [2.75, 3.05) is 13.2 Å². The molecule has 0 radical (unpaired) electrons. The molecule has 31 heavy (non-hydrogen) atoms. The van der Waals surface area contributed by atoms with Crippen LogP contribution in [0, 0.1) is 11.8 Å². The minimum Gasteiger partial charge on any atom is -0.388 e. The predicted molar refractivity (Wildman–Crippen MR) is 118 cm³/mol. The Bertz CT molecular complexity index is 534. The number of carbonyl (C=O) groups is 1. The van der Waals surface area contributed by atoms with E-state index in [0.717, 1.165) is 32.2 Å². The molecule has 1 amide bonds. The lowest BCUT2D eigenvalue weighted by Gasteiger charge is -2.44. The molecule has 8 heteroatoms. The first-order valence-electron chi connectivity index (χ1n) is 12.1. The molecule has 2 saturated heterocycles. The van der Waals surface area contributed by atoms with Gasteiger partial charge in [0, 0.05) is 6.61 Å². The molecule has 2 fully saturated rings. The Morgan fingerprint density at radius 1 is 1.10 bits per heavy atom. The van der Waals surface area contributed by atoms with Gasteiger partial charge in [0.2, 0.25) is 5.91 Å². The molecule has 0 bridgehead atoms. The molecule has 8 nitrogen and oxygen atoms in total. The number of amides is 1. The topological polar surface area (TPSA) is 120 Å². The lowest BCUT2D eigenvalue weighted by Crippen LogP contribution is -2.65. The SMILES string of the molecule is CCCCCC1CN[C@H](C(=O)N[C@H](C(C)C)[C@H]2O[C@H](OCCCC)[C@H](O)[C@@H](O)[C@H]2O)C1. The number of nitrogens with one attached hydrogen (secondary N) is 2. The first kappa shape index (κ1) is 26.5. The van der Waals surface area contributed by atoms with Crippen LogP contribution in [0.1, 0.15) is 72.6 Å². The number of hydrogen-bond acceptors (Lipinski definition) is 7. The fourth-order valence-corrected chi connectivity index (χ4v) is 4.46. The molecular weight excluding hydrogens is 400 g/mol. The summed E-state index contributed by atoms with van der Waals surface area (Å²) in [4.78, 5) is 13.0. The number of aliphatic hydroxyl groups is 3. The Morgan fingerprint density at radius 2 is 1.81 bits per heavy atom. The molecule has 2 aliphatic rings. The average molecular weight is 445 g/mol. The van der Waals surface area contributed by atoms with Crippen LogP contribution >= 0.6 is 0 Å². The van der Waals surface area contributed by atoms with Crippen molar-refractivity contribution >= 4 is 5.91 Å². The molecule has 0 aromatic rings. The Morgan fingerprint density at radius 3 is 2.45 bits per heavy atom. The largest absolute Gasteiger partial charge is 0.388 e. The summed E-state index contributed by atoms with van der Waals surface area (Å²) < 4.78 is 11.5. The summed E-state index contributed by atoms with van der Waals surface area (Å²) >= 11 is 0. The molecule has 0 saturated carbocycles. The summed E-state index contributed by atoms with van der Waals surface area (Å²) in [5.41, 5.74) is 0. The van der Waals surface area contributed by atoms with Crippen LogP contribution in [0.3, 0.4) is 0 Å². The van der Waals surface area contributed by atoms with Gasteiger partial charge in [-0.15, -0.1) is 0 Å². The second kappa shape index (κ2) is 13.1. The first-order chi connectivity index (χ1) is 14.8. The zero-order valence-corrected chi connectivity index (χ0v) is 19.6. The summed E-state index contributed by atoms with van der Waals surface area (Å²) in [6, 6.07) is -0.788. The van der Waals surface area contributed by atoms with Gasteiger partial charge in [0.25, 0.3) is 0 Å². The summed E-state index contributed by atoms with van der Waals surface area (Å²) in [6.45, 7) is 9.31.